The van der Waals surface area contributed by atoms with Crippen LogP contribution in [0.4, 0.5) is 4.39 Å². The molecule has 1 fully saturated rings. The zero-order valence-corrected chi connectivity index (χ0v) is 13.5. The van der Waals surface area contributed by atoms with Crippen LogP contribution >= 0.6 is 0 Å². The fraction of sp³-hybridized carbons (Fsp3) is 0.875. The summed E-state index contributed by atoms with van der Waals surface area (Å²) in [6.07, 6.45) is 1.59. The summed E-state index contributed by atoms with van der Waals surface area (Å²) < 4.78 is 20.1. The molecule has 1 rings (SSSR count). The molecule has 0 radical (unpaired) electrons. The van der Waals surface area contributed by atoms with Gasteiger partial charge in [-0.1, -0.05) is 27.2 Å². The van der Waals surface area contributed by atoms with Crippen molar-refractivity contribution in [3.05, 3.63) is 0 Å². The first-order chi connectivity index (χ1) is 8.92. The third-order valence-corrected chi connectivity index (χ3v) is 4.43. The van der Waals surface area contributed by atoms with Crippen LogP contribution in [-0.4, -0.2) is 23.0 Å². The lowest BCUT2D eigenvalue weighted by molar-refractivity contribution is -0.176. The van der Waals surface area contributed by atoms with Crippen molar-refractivity contribution in [3.8, 4) is 0 Å². The van der Waals surface area contributed by atoms with Crippen LogP contribution in [0.25, 0.3) is 0 Å². The molecule has 3 nitrogen and oxygen atoms in total. The molecule has 0 saturated heterocycles. The molecule has 4 heteroatoms. The van der Waals surface area contributed by atoms with Crippen LogP contribution in [0, 0.1) is 11.3 Å². The summed E-state index contributed by atoms with van der Waals surface area (Å²) in [4.78, 5) is 24.0. The first kappa shape index (κ1) is 17.1. The standard InChI is InChI=1S/C16H27FO3/c1-7-15(5,6)11-8-9-12(18)16(17,10-11)13(19)20-14(2,3)4/h11H,7-10H2,1-6H3. The van der Waals surface area contributed by atoms with Gasteiger partial charge in [0.15, 0.2) is 5.78 Å². The molecule has 0 bridgehead atoms. The highest BCUT2D eigenvalue weighted by atomic mass is 19.1. The SMILES string of the molecule is CCC(C)(C)C1CCC(=O)C(F)(C(=O)OC(C)(C)C)C1. The fourth-order valence-electron chi connectivity index (χ4n) is 2.57. The molecule has 1 aliphatic carbocycles. The molecule has 2 unspecified atom stereocenters. The molecule has 0 aliphatic heterocycles. The Labute approximate surface area is 121 Å². The van der Waals surface area contributed by atoms with E-state index in [1.54, 1.807) is 20.8 Å². The maximum absolute atomic E-state index is 15.0. The number of ketones is 1. The number of halogens is 1. The Morgan fingerprint density at radius 1 is 1.35 bits per heavy atom. The molecule has 0 amide bonds. The number of esters is 1. The second kappa shape index (κ2) is 5.45. The molecule has 0 N–H and O–H groups in total. The minimum Gasteiger partial charge on any atom is -0.457 e. The van der Waals surface area contributed by atoms with Gasteiger partial charge in [0, 0.05) is 12.8 Å². The molecule has 2 atom stereocenters. The number of ether oxygens (including phenoxy) is 1. The van der Waals surface area contributed by atoms with Gasteiger partial charge in [0.05, 0.1) is 0 Å². The highest BCUT2D eigenvalue weighted by Gasteiger charge is 2.54. The lowest BCUT2D eigenvalue weighted by Gasteiger charge is -2.41. The van der Waals surface area contributed by atoms with Crippen LogP contribution in [0.2, 0.25) is 0 Å². The summed E-state index contributed by atoms with van der Waals surface area (Å²) in [7, 11) is 0. The molecular weight excluding hydrogens is 259 g/mol. The molecular formula is C16H27FO3. The second-order valence-electron chi connectivity index (χ2n) is 7.51. The monoisotopic (exact) mass is 286 g/mol. The van der Waals surface area contributed by atoms with Crippen LogP contribution in [0.3, 0.4) is 0 Å². The van der Waals surface area contributed by atoms with E-state index >= 15 is 0 Å². The quantitative estimate of drug-likeness (QED) is 0.585. The third kappa shape index (κ3) is 3.58. The molecule has 0 spiro atoms. The van der Waals surface area contributed by atoms with E-state index in [1.165, 1.54) is 0 Å². The summed E-state index contributed by atoms with van der Waals surface area (Å²) in [5.41, 5.74) is -3.34. The number of carbonyl (C=O) groups is 2. The fourth-order valence-corrected chi connectivity index (χ4v) is 2.57. The Hall–Kier alpha value is -0.930. The predicted molar refractivity (Wildman–Crippen MR) is 76.1 cm³/mol. The van der Waals surface area contributed by atoms with E-state index in [1.807, 2.05) is 6.92 Å². The number of hydrogen-bond acceptors (Lipinski definition) is 3. The van der Waals surface area contributed by atoms with E-state index in [9.17, 15) is 14.0 Å². The predicted octanol–water partition coefficient (Wildman–Crippen LogP) is 3.84. The molecule has 0 aromatic carbocycles. The Bertz CT molecular complexity index is 395. The Morgan fingerprint density at radius 3 is 2.35 bits per heavy atom. The average molecular weight is 286 g/mol. The first-order valence-corrected chi connectivity index (χ1v) is 7.38. The van der Waals surface area contributed by atoms with E-state index < -0.39 is 23.0 Å². The Kier molecular flexibility index (Phi) is 4.67. The van der Waals surface area contributed by atoms with Gasteiger partial charge in [0.25, 0.3) is 5.67 Å². The van der Waals surface area contributed by atoms with E-state index in [0.29, 0.717) is 6.42 Å². The van der Waals surface area contributed by atoms with Crippen molar-refractivity contribution in [1.29, 1.82) is 0 Å². The largest absolute Gasteiger partial charge is 0.457 e. The maximum Gasteiger partial charge on any atom is 0.352 e. The summed E-state index contributed by atoms with van der Waals surface area (Å²) >= 11 is 0. The van der Waals surface area contributed by atoms with Crippen molar-refractivity contribution in [2.45, 2.75) is 78.5 Å². The summed E-state index contributed by atoms with van der Waals surface area (Å²) in [6, 6.07) is 0. The van der Waals surface area contributed by atoms with Gasteiger partial charge in [-0.2, -0.15) is 0 Å². The highest BCUT2D eigenvalue weighted by molar-refractivity contribution is 6.07. The van der Waals surface area contributed by atoms with Crippen molar-refractivity contribution >= 4 is 11.8 Å². The van der Waals surface area contributed by atoms with Gasteiger partial charge in [-0.25, -0.2) is 9.18 Å². The smallest absolute Gasteiger partial charge is 0.352 e. The zero-order chi connectivity index (χ0) is 15.8. The molecule has 20 heavy (non-hydrogen) atoms. The number of Topliss-reactive ketones (excluding diaryl/α,β-unsaturated/α-hetero) is 1. The van der Waals surface area contributed by atoms with Gasteiger partial charge < -0.3 is 4.74 Å². The van der Waals surface area contributed by atoms with Crippen molar-refractivity contribution in [1.82, 2.24) is 0 Å². The third-order valence-electron chi connectivity index (χ3n) is 4.43. The van der Waals surface area contributed by atoms with Gasteiger partial charge >= 0.3 is 5.97 Å². The zero-order valence-electron chi connectivity index (χ0n) is 13.5. The minimum atomic E-state index is -2.47. The van der Waals surface area contributed by atoms with Crippen molar-refractivity contribution in [2.24, 2.45) is 11.3 Å². The molecule has 0 aromatic rings. The van der Waals surface area contributed by atoms with Crippen LogP contribution in [0.5, 0.6) is 0 Å². The Balaban J connectivity index is 2.95. The summed E-state index contributed by atoms with van der Waals surface area (Å²) in [5.74, 6) is -1.63. The summed E-state index contributed by atoms with van der Waals surface area (Å²) in [6.45, 7) is 11.2. The number of hydrogen-bond donors (Lipinski definition) is 0. The van der Waals surface area contributed by atoms with Crippen LogP contribution in [0.15, 0.2) is 0 Å². The molecule has 0 heterocycles. The normalized spacial score (nSPS) is 28.4. The van der Waals surface area contributed by atoms with Crippen molar-refractivity contribution < 1.29 is 18.7 Å². The van der Waals surface area contributed by atoms with Crippen LogP contribution in [-0.2, 0) is 14.3 Å². The maximum atomic E-state index is 15.0. The van der Waals surface area contributed by atoms with Crippen molar-refractivity contribution in [3.63, 3.8) is 0 Å². The number of carbonyl (C=O) groups excluding carboxylic acids is 2. The van der Waals surface area contributed by atoms with Gasteiger partial charge in [-0.15, -0.1) is 0 Å². The van der Waals surface area contributed by atoms with Gasteiger partial charge in [0.2, 0.25) is 0 Å². The average Bonchev–Trinajstić information content (AvgIpc) is 2.30. The molecule has 1 saturated carbocycles. The molecule has 116 valence electrons. The van der Waals surface area contributed by atoms with Crippen LogP contribution < -0.4 is 0 Å². The number of rotatable bonds is 3. The van der Waals surface area contributed by atoms with Crippen molar-refractivity contribution in [2.75, 3.05) is 0 Å². The number of alkyl halides is 1. The van der Waals surface area contributed by atoms with Crippen LogP contribution in [0.1, 0.15) is 67.2 Å². The van der Waals surface area contributed by atoms with E-state index in [0.717, 1.165) is 6.42 Å². The first-order valence-electron chi connectivity index (χ1n) is 7.38. The van der Waals surface area contributed by atoms with Gasteiger partial charge in [-0.05, 0) is 38.5 Å². The van der Waals surface area contributed by atoms with E-state index in [2.05, 4.69) is 13.8 Å². The molecule has 1 aliphatic rings. The summed E-state index contributed by atoms with van der Waals surface area (Å²) in [5, 5.41) is 0. The lowest BCUT2D eigenvalue weighted by atomic mass is 9.65. The topological polar surface area (TPSA) is 43.4 Å². The van der Waals surface area contributed by atoms with E-state index in [4.69, 9.17) is 4.74 Å². The minimum absolute atomic E-state index is 0.0164. The lowest BCUT2D eigenvalue weighted by Crippen LogP contribution is -2.51. The van der Waals surface area contributed by atoms with E-state index in [-0.39, 0.29) is 24.2 Å². The Morgan fingerprint density at radius 2 is 1.90 bits per heavy atom. The van der Waals surface area contributed by atoms with Gasteiger partial charge in [0.1, 0.15) is 5.60 Å². The highest BCUT2D eigenvalue weighted by Crippen LogP contribution is 2.44. The molecule has 0 aromatic heterocycles. The van der Waals surface area contributed by atoms with Gasteiger partial charge in [-0.3, -0.25) is 4.79 Å². The second-order valence-corrected chi connectivity index (χ2v) is 7.51.